The Labute approximate surface area is 91.2 Å². The third kappa shape index (κ3) is 654. The molecule has 0 fully saturated rings. The summed E-state index contributed by atoms with van der Waals surface area (Å²) in [7, 11) is 0. The zero-order valence-electron chi connectivity index (χ0n) is 9.02. The molecule has 96 valence electrons. The summed E-state index contributed by atoms with van der Waals surface area (Å²) < 4.78 is 0. The van der Waals surface area contributed by atoms with Crippen molar-refractivity contribution in [2.75, 3.05) is 0 Å². The quantitative estimate of drug-likeness (QED) is 0.499. The molecular formula is C9H24O6. The second-order valence-corrected chi connectivity index (χ2v) is 1.98. The van der Waals surface area contributed by atoms with Gasteiger partial charge in [0.05, 0.1) is 0 Å². The van der Waals surface area contributed by atoms with E-state index in [1.807, 2.05) is 0 Å². The minimum Gasteiger partial charge on any atom is -0.450 e. The molecule has 0 amide bonds. The lowest BCUT2D eigenvalue weighted by Gasteiger charge is -1.60. The molecule has 0 aliphatic heterocycles. The highest BCUT2D eigenvalue weighted by Gasteiger charge is 1.70. The van der Waals surface area contributed by atoms with Crippen molar-refractivity contribution in [2.24, 2.45) is 0 Å². The molecule has 0 spiro atoms. The smallest absolute Gasteiger partial charge is 0.450 e. The predicted molar refractivity (Wildman–Crippen MR) is 60.0 cm³/mol. The lowest BCUT2D eigenvalue weighted by Crippen LogP contribution is -1.81. The summed E-state index contributed by atoms with van der Waals surface area (Å²) in [4.78, 5) is 17.1. The SMILES string of the molecule is C.CCC.CCC.O=C(O)O.O=C(O)O. The van der Waals surface area contributed by atoms with Gasteiger partial charge in [0, 0.05) is 0 Å². The molecule has 0 atom stereocenters. The van der Waals surface area contributed by atoms with Crippen LogP contribution in [0.3, 0.4) is 0 Å². The molecule has 0 aliphatic rings. The highest BCUT2D eigenvalue weighted by Crippen LogP contribution is 1.56. The maximum Gasteiger partial charge on any atom is 0.503 e. The van der Waals surface area contributed by atoms with E-state index in [0.717, 1.165) is 0 Å². The first-order valence-corrected chi connectivity index (χ1v) is 4.13. The maximum atomic E-state index is 8.56. The van der Waals surface area contributed by atoms with Gasteiger partial charge in [0.25, 0.3) is 0 Å². The van der Waals surface area contributed by atoms with Crippen LogP contribution in [-0.4, -0.2) is 32.7 Å². The number of carboxylic acid groups (broad SMARTS) is 4. The zero-order chi connectivity index (χ0) is 12.6. The Morgan fingerprint density at radius 1 is 0.733 bits per heavy atom. The Morgan fingerprint density at radius 2 is 0.733 bits per heavy atom. The number of hydrogen-bond donors (Lipinski definition) is 4. The van der Waals surface area contributed by atoms with Crippen LogP contribution in [0.5, 0.6) is 0 Å². The molecule has 6 nitrogen and oxygen atoms in total. The van der Waals surface area contributed by atoms with Gasteiger partial charge in [-0.15, -0.1) is 0 Å². The molecule has 0 aromatic heterocycles. The second kappa shape index (κ2) is 39.0. The van der Waals surface area contributed by atoms with E-state index in [1.54, 1.807) is 0 Å². The van der Waals surface area contributed by atoms with Crippen LogP contribution >= 0.6 is 0 Å². The first-order chi connectivity index (χ1) is 6.29. The molecule has 0 radical (unpaired) electrons. The largest absolute Gasteiger partial charge is 0.503 e. The topological polar surface area (TPSA) is 115 Å². The average Bonchev–Trinajstić information content (AvgIpc) is 1.85. The van der Waals surface area contributed by atoms with Crippen LogP contribution in [0.25, 0.3) is 0 Å². The van der Waals surface area contributed by atoms with Crippen LogP contribution < -0.4 is 0 Å². The lowest BCUT2D eigenvalue weighted by atomic mass is 10.6. The van der Waals surface area contributed by atoms with E-state index < -0.39 is 12.3 Å². The van der Waals surface area contributed by atoms with Crippen molar-refractivity contribution in [3.05, 3.63) is 0 Å². The molecule has 0 aliphatic carbocycles. The van der Waals surface area contributed by atoms with Gasteiger partial charge < -0.3 is 20.4 Å². The average molecular weight is 228 g/mol. The van der Waals surface area contributed by atoms with Crippen LogP contribution in [0.2, 0.25) is 0 Å². The van der Waals surface area contributed by atoms with Crippen molar-refractivity contribution >= 4 is 12.3 Å². The normalized spacial score (nSPS) is 5.60. The van der Waals surface area contributed by atoms with E-state index in [9.17, 15) is 0 Å². The summed E-state index contributed by atoms with van der Waals surface area (Å²) in [6, 6.07) is 0. The van der Waals surface area contributed by atoms with Gasteiger partial charge in [-0.05, 0) is 0 Å². The van der Waals surface area contributed by atoms with E-state index >= 15 is 0 Å². The Balaban J connectivity index is -0.0000000293. The zero-order valence-corrected chi connectivity index (χ0v) is 9.02. The van der Waals surface area contributed by atoms with Crippen molar-refractivity contribution < 1.29 is 30.0 Å². The van der Waals surface area contributed by atoms with Gasteiger partial charge in [-0.2, -0.15) is 0 Å². The summed E-state index contributed by atoms with van der Waals surface area (Å²) in [5.74, 6) is 0. The van der Waals surface area contributed by atoms with Crippen molar-refractivity contribution in [3.63, 3.8) is 0 Å². The molecule has 0 heterocycles. The molecular weight excluding hydrogens is 204 g/mol. The summed E-state index contributed by atoms with van der Waals surface area (Å²) >= 11 is 0. The molecule has 0 aromatic rings. The van der Waals surface area contributed by atoms with Gasteiger partial charge in [0.15, 0.2) is 0 Å². The summed E-state index contributed by atoms with van der Waals surface area (Å²) in [5.41, 5.74) is 0. The van der Waals surface area contributed by atoms with Crippen molar-refractivity contribution in [1.29, 1.82) is 0 Å². The monoisotopic (exact) mass is 228 g/mol. The Hall–Kier alpha value is -1.46. The number of hydrogen-bond acceptors (Lipinski definition) is 2. The standard InChI is InChI=1S/2C3H8.2CH2O3.CH4/c2*1-3-2;2*2-1(3)4;/h2*3H2,1-2H3;2*(H2,2,3,4);1H4. The second-order valence-electron chi connectivity index (χ2n) is 1.98. The Bertz CT molecular complexity index is 91.2. The van der Waals surface area contributed by atoms with Gasteiger partial charge in [-0.25, -0.2) is 9.59 Å². The van der Waals surface area contributed by atoms with Crippen molar-refractivity contribution in [3.8, 4) is 0 Å². The summed E-state index contributed by atoms with van der Waals surface area (Å²) in [6.07, 6.45) is -1.17. The van der Waals surface area contributed by atoms with Crippen molar-refractivity contribution in [1.82, 2.24) is 0 Å². The van der Waals surface area contributed by atoms with Crippen LogP contribution in [0.15, 0.2) is 0 Å². The molecule has 0 bridgehead atoms. The minimum atomic E-state index is -1.83. The van der Waals surface area contributed by atoms with Crippen molar-refractivity contribution in [2.45, 2.75) is 48.0 Å². The Morgan fingerprint density at radius 3 is 0.733 bits per heavy atom. The maximum absolute atomic E-state index is 8.56. The summed E-state index contributed by atoms with van der Waals surface area (Å²) in [6.45, 7) is 8.50. The van der Waals surface area contributed by atoms with Crippen LogP contribution in [0.1, 0.15) is 48.0 Å². The predicted octanol–water partition coefficient (Wildman–Crippen LogP) is 3.91. The van der Waals surface area contributed by atoms with E-state index in [4.69, 9.17) is 30.0 Å². The third-order valence-electron chi connectivity index (χ3n) is 0. The molecule has 0 saturated heterocycles. The molecule has 0 rings (SSSR count). The minimum absolute atomic E-state index is 0. The van der Waals surface area contributed by atoms with Crippen LogP contribution in [0, 0.1) is 0 Å². The van der Waals surface area contributed by atoms with E-state index in [-0.39, 0.29) is 7.43 Å². The molecule has 4 N–H and O–H groups in total. The van der Waals surface area contributed by atoms with Crippen LogP contribution in [0.4, 0.5) is 9.59 Å². The fourth-order valence-electron chi connectivity index (χ4n) is 0. The first kappa shape index (κ1) is 29.2. The van der Waals surface area contributed by atoms with E-state index in [1.165, 1.54) is 12.8 Å². The third-order valence-corrected chi connectivity index (χ3v) is 0. The van der Waals surface area contributed by atoms with Gasteiger partial charge >= 0.3 is 12.3 Å². The highest BCUT2D eigenvalue weighted by molar-refractivity contribution is 5.53. The Kier molecular flexibility index (Phi) is 76.0. The molecule has 0 saturated carbocycles. The molecule has 0 unspecified atom stereocenters. The van der Waals surface area contributed by atoms with E-state index in [0.29, 0.717) is 0 Å². The van der Waals surface area contributed by atoms with Gasteiger partial charge in [-0.1, -0.05) is 48.0 Å². The molecule has 0 aromatic carbocycles. The van der Waals surface area contributed by atoms with E-state index in [2.05, 4.69) is 27.7 Å². The van der Waals surface area contributed by atoms with Gasteiger partial charge in [0.2, 0.25) is 0 Å². The number of rotatable bonds is 0. The molecule has 6 heteroatoms. The fourth-order valence-corrected chi connectivity index (χ4v) is 0. The summed E-state index contributed by atoms with van der Waals surface area (Å²) in [5, 5.41) is 27.9. The fraction of sp³-hybridized carbons (Fsp3) is 0.778. The van der Waals surface area contributed by atoms with Gasteiger partial charge in [-0.3, -0.25) is 0 Å². The number of carbonyl (C=O) groups is 2. The van der Waals surface area contributed by atoms with Crippen LogP contribution in [-0.2, 0) is 0 Å². The highest BCUT2D eigenvalue weighted by atomic mass is 16.6. The molecule has 15 heavy (non-hydrogen) atoms. The first-order valence-electron chi connectivity index (χ1n) is 4.13. The lowest BCUT2D eigenvalue weighted by molar-refractivity contribution is 0.135. The van der Waals surface area contributed by atoms with Gasteiger partial charge in [0.1, 0.15) is 0 Å².